The van der Waals surface area contributed by atoms with Crippen LogP contribution in [-0.2, 0) is 19.4 Å². The zero-order valence-corrected chi connectivity index (χ0v) is 14.5. The standard InChI is InChI=1S/C21H25N3O/c25-21(22-12-10-17-6-2-1-3-7-17)24-15-20(16-24)23-13-11-18-8-4-5-9-19(18)14-23/h1-9,20H,10-16H2,(H,22,25). The van der Waals surface area contributed by atoms with E-state index in [1.165, 1.54) is 16.7 Å². The van der Waals surface area contributed by atoms with Crippen LogP contribution < -0.4 is 5.32 Å². The van der Waals surface area contributed by atoms with E-state index in [2.05, 4.69) is 46.6 Å². The summed E-state index contributed by atoms with van der Waals surface area (Å²) in [6, 6.07) is 19.6. The molecule has 4 nitrogen and oxygen atoms in total. The zero-order chi connectivity index (χ0) is 17.1. The number of hydrogen-bond acceptors (Lipinski definition) is 2. The lowest BCUT2D eigenvalue weighted by Crippen LogP contribution is -2.63. The topological polar surface area (TPSA) is 35.6 Å². The second-order valence-corrected chi connectivity index (χ2v) is 7.02. The molecule has 2 amide bonds. The van der Waals surface area contributed by atoms with Crippen LogP contribution >= 0.6 is 0 Å². The average molecular weight is 335 g/mol. The van der Waals surface area contributed by atoms with E-state index in [0.717, 1.165) is 39.0 Å². The van der Waals surface area contributed by atoms with Gasteiger partial charge < -0.3 is 10.2 Å². The Morgan fingerprint density at radius 2 is 1.72 bits per heavy atom. The molecular weight excluding hydrogens is 310 g/mol. The van der Waals surface area contributed by atoms with Gasteiger partial charge in [-0.25, -0.2) is 4.79 Å². The maximum Gasteiger partial charge on any atom is 0.317 e. The number of benzene rings is 2. The van der Waals surface area contributed by atoms with Gasteiger partial charge in [0.2, 0.25) is 0 Å². The third-order valence-corrected chi connectivity index (χ3v) is 5.36. The third kappa shape index (κ3) is 3.69. The molecule has 2 aliphatic rings. The maximum absolute atomic E-state index is 12.2. The Hall–Kier alpha value is -2.33. The van der Waals surface area contributed by atoms with Gasteiger partial charge in [-0.15, -0.1) is 0 Å². The quantitative estimate of drug-likeness (QED) is 0.932. The molecule has 2 aromatic rings. The van der Waals surface area contributed by atoms with Crippen LogP contribution in [0.1, 0.15) is 16.7 Å². The largest absolute Gasteiger partial charge is 0.338 e. The highest BCUT2D eigenvalue weighted by atomic mass is 16.2. The Balaban J connectivity index is 1.21. The second-order valence-electron chi connectivity index (χ2n) is 7.02. The first-order valence-electron chi connectivity index (χ1n) is 9.17. The van der Waals surface area contributed by atoms with Crippen LogP contribution in [0.4, 0.5) is 4.79 Å². The predicted octanol–water partition coefficient (Wildman–Crippen LogP) is 2.68. The van der Waals surface area contributed by atoms with E-state index in [4.69, 9.17) is 0 Å². The first-order chi connectivity index (χ1) is 12.3. The summed E-state index contributed by atoms with van der Waals surface area (Å²) in [5, 5.41) is 3.04. The van der Waals surface area contributed by atoms with Crippen LogP contribution in [0.25, 0.3) is 0 Å². The zero-order valence-electron chi connectivity index (χ0n) is 14.5. The average Bonchev–Trinajstić information content (AvgIpc) is 2.61. The lowest BCUT2D eigenvalue weighted by Gasteiger charge is -2.46. The highest BCUT2D eigenvalue weighted by Crippen LogP contribution is 2.24. The molecule has 130 valence electrons. The minimum Gasteiger partial charge on any atom is -0.338 e. The van der Waals surface area contributed by atoms with Gasteiger partial charge in [0.05, 0.1) is 0 Å². The van der Waals surface area contributed by atoms with Gasteiger partial charge in [-0.2, -0.15) is 0 Å². The molecule has 4 rings (SSSR count). The fourth-order valence-electron chi connectivity index (χ4n) is 3.75. The number of carbonyl (C=O) groups is 1. The van der Waals surface area contributed by atoms with Crippen LogP contribution in [0, 0.1) is 0 Å². The SMILES string of the molecule is O=C(NCCc1ccccc1)N1CC(N2CCc3ccccc3C2)C1. The Kier molecular flexibility index (Phi) is 4.70. The van der Waals surface area contributed by atoms with Gasteiger partial charge in [0.1, 0.15) is 0 Å². The molecule has 2 aliphatic heterocycles. The van der Waals surface area contributed by atoms with Crippen LogP contribution in [0.2, 0.25) is 0 Å². The minimum absolute atomic E-state index is 0.0737. The molecule has 0 bridgehead atoms. The molecule has 25 heavy (non-hydrogen) atoms. The second kappa shape index (κ2) is 7.28. The summed E-state index contributed by atoms with van der Waals surface area (Å²) in [6.07, 6.45) is 2.00. The number of carbonyl (C=O) groups excluding carboxylic acids is 1. The number of hydrogen-bond donors (Lipinski definition) is 1. The van der Waals surface area contributed by atoms with Crippen LogP contribution in [0.3, 0.4) is 0 Å². The van der Waals surface area contributed by atoms with Gasteiger partial charge >= 0.3 is 6.03 Å². The number of urea groups is 1. The Morgan fingerprint density at radius 3 is 2.52 bits per heavy atom. The van der Waals surface area contributed by atoms with Gasteiger partial charge in [0.15, 0.2) is 0 Å². The fourth-order valence-corrected chi connectivity index (χ4v) is 3.75. The number of nitrogens with zero attached hydrogens (tertiary/aromatic N) is 2. The molecule has 1 saturated heterocycles. The first kappa shape index (κ1) is 16.2. The Morgan fingerprint density at radius 1 is 1.00 bits per heavy atom. The van der Waals surface area contributed by atoms with Crippen molar-refractivity contribution in [3.05, 3.63) is 71.3 Å². The summed E-state index contributed by atoms with van der Waals surface area (Å²) in [5.41, 5.74) is 4.18. The molecule has 4 heteroatoms. The highest BCUT2D eigenvalue weighted by Gasteiger charge is 2.35. The first-order valence-corrected chi connectivity index (χ1v) is 9.17. The molecule has 2 heterocycles. The molecule has 1 fully saturated rings. The van der Waals surface area contributed by atoms with Crippen molar-refractivity contribution in [2.45, 2.75) is 25.4 Å². The summed E-state index contributed by atoms with van der Waals surface area (Å²) in [5.74, 6) is 0. The van der Waals surface area contributed by atoms with Gasteiger partial charge in [-0.3, -0.25) is 4.90 Å². The van der Waals surface area contributed by atoms with Gasteiger partial charge in [0, 0.05) is 38.8 Å². The molecule has 0 unspecified atom stereocenters. The van der Waals surface area contributed by atoms with E-state index in [-0.39, 0.29) is 6.03 Å². The number of amides is 2. The molecule has 0 spiro atoms. The number of fused-ring (bicyclic) bond motifs is 1. The van der Waals surface area contributed by atoms with Crippen molar-refractivity contribution in [2.75, 3.05) is 26.2 Å². The van der Waals surface area contributed by atoms with Gasteiger partial charge in [0.25, 0.3) is 0 Å². The molecule has 1 N–H and O–H groups in total. The monoisotopic (exact) mass is 335 g/mol. The molecule has 0 atom stereocenters. The van der Waals surface area contributed by atoms with Crippen molar-refractivity contribution < 1.29 is 4.79 Å². The third-order valence-electron chi connectivity index (χ3n) is 5.36. The van der Waals surface area contributed by atoms with E-state index in [9.17, 15) is 4.79 Å². The summed E-state index contributed by atoms with van der Waals surface area (Å²) in [4.78, 5) is 16.7. The number of likely N-dealkylation sites (tertiary alicyclic amines) is 1. The van der Waals surface area contributed by atoms with Crippen molar-refractivity contribution in [3.8, 4) is 0 Å². The summed E-state index contributed by atoms with van der Waals surface area (Å²) >= 11 is 0. The van der Waals surface area contributed by atoms with E-state index < -0.39 is 0 Å². The maximum atomic E-state index is 12.2. The summed E-state index contributed by atoms with van der Waals surface area (Å²) in [7, 11) is 0. The molecule has 2 aromatic carbocycles. The van der Waals surface area contributed by atoms with E-state index in [0.29, 0.717) is 12.6 Å². The normalized spacial score (nSPS) is 17.7. The molecule has 0 aliphatic carbocycles. The molecule has 0 saturated carbocycles. The number of rotatable bonds is 4. The van der Waals surface area contributed by atoms with Crippen molar-refractivity contribution in [2.24, 2.45) is 0 Å². The fraction of sp³-hybridized carbons (Fsp3) is 0.381. The summed E-state index contributed by atoms with van der Waals surface area (Å²) < 4.78 is 0. The number of nitrogens with one attached hydrogen (secondary N) is 1. The van der Waals surface area contributed by atoms with Crippen molar-refractivity contribution >= 4 is 6.03 Å². The Labute approximate surface area is 149 Å². The van der Waals surface area contributed by atoms with Crippen molar-refractivity contribution in [1.29, 1.82) is 0 Å². The molecular formula is C21H25N3O. The lowest BCUT2D eigenvalue weighted by molar-refractivity contribution is 0.0484. The van der Waals surface area contributed by atoms with Crippen molar-refractivity contribution in [3.63, 3.8) is 0 Å². The minimum atomic E-state index is 0.0737. The summed E-state index contributed by atoms with van der Waals surface area (Å²) in [6.45, 7) is 4.51. The van der Waals surface area contributed by atoms with Crippen LogP contribution in [0.5, 0.6) is 0 Å². The van der Waals surface area contributed by atoms with Crippen molar-refractivity contribution in [1.82, 2.24) is 15.1 Å². The van der Waals surface area contributed by atoms with E-state index in [1.807, 2.05) is 23.1 Å². The highest BCUT2D eigenvalue weighted by molar-refractivity contribution is 5.75. The predicted molar refractivity (Wildman–Crippen MR) is 99.5 cm³/mol. The molecule has 0 aromatic heterocycles. The van der Waals surface area contributed by atoms with Gasteiger partial charge in [-0.05, 0) is 29.5 Å². The lowest BCUT2D eigenvalue weighted by atomic mass is 9.97. The van der Waals surface area contributed by atoms with Crippen LogP contribution in [-0.4, -0.2) is 48.1 Å². The Bertz CT molecular complexity index is 725. The van der Waals surface area contributed by atoms with E-state index >= 15 is 0 Å². The molecule has 0 radical (unpaired) electrons. The smallest absolute Gasteiger partial charge is 0.317 e. The van der Waals surface area contributed by atoms with Gasteiger partial charge in [-0.1, -0.05) is 54.6 Å². The van der Waals surface area contributed by atoms with E-state index in [1.54, 1.807) is 0 Å². The van der Waals surface area contributed by atoms with Crippen LogP contribution in [0.15, 0.2) is 54.6 Å².